The zero-order valence-electron chi connectivity index (χ0n) is 13.3. The summed E-state index contributed by atoms with van der Waals surface area (Å²) in [6.45, 7) is 1.79. The van der Waals surface area contributed by atoms with E-state index in [0.717, 1.165) is 5.56 Å². The number of phenols is 1. The second-order valence-electron chi connectivity index (χ2n) is 5.63. The number of phenolic OH excluding ortho intramolecular Hbond substituents is 1. The van der Waals surface area contributed by atoms with Crippen LogP contribution < -0.4 is 16.0 Å². The lowest BCUT2D eigenvalue weighted by Crippen LogP contribution is -2.45. The fraction of sp³-hybridized carbons (Fsp3) is 0.111. The van der Waals surface area contributed by atoms with Crippen LogP contribution in [0.25, 0.3) is 0 Å². The number of allylic oxidation sites excluding steroid dienone is 1. The smallest absolute Gasteiger partial charge is 0.255 e. The van der Waals surface area contributed by atoms with Crippen LogP contribution in [0.15, 0.2) is 59.8 Å². The summed E-state index contributed by atoms with van der Waals surface area (Å²) in [4.78, 5) is 12.9. The SMILES string of the molecule is CC1=C(C(=O)Nc2ccc(Cl)cc2)C(c2cccc(O)c2)NC(=S)N1. The topological polar surface area (TPSA) is 73.4 Å². The molecule has 3 rings (SSSR count). The standard InChI is InChI=1S/C18H16ClN3O2S/c1-10-15(17(24)21-13-7-5-12(19)6-8-13)16(22-18(25)20-10)11-3-2-4-14(23)9-11/h2-9,16,23H,1H3,(H,21,24)(H2,20,22,25). The number of carbonyl (C=O) groups is 1. The molecular weight excluding hydrogens is 358 g/mol. The number of rotatable bonds is 3. The van der Waals surface area contributed by atoms with E-state index in [-0.39, 0.29) is 11.7 Å². The summed E-state index contributed by atoms with van der Waals surface area (Å²) < 4.78 is 0. The number of amides is 1. The molecular formula is C18H16ClN3O2S. The first kappa shape index (κ1) is 17.3. The maximum Gasteiger partial charge on any atom is 0.255 e. The highest BCUT2D eigenvalue weighted by molar-refractivity contribution is 7.80. The van der Waals surface area contributed by atoms with E-state index in [0.29, 0.717) is 27.1 Å². The number of carbonyl (C=O) groups excluding carboxylic acids is 1. The zero-order valence-corrected chi connectivity index (χ0v) is 14.9. The normalized spacial score (nSPS) is 16.9. The lowest BCUT2D eigenvalue weighted by molar-refractivity contribution is -0.113. The van der Waals surface area contributed by atoms with Crippen LogP contribution in [0.2, 0.25) is 5.02 Å². The second kappa shape index (κ2) is 7.13. The third-order valence-corrected chi connectivity index (χ3v) is 4.29. The van der Waals surface area contributed by atoms with Gasteiger partial charge in [0.25, 0.3) is 5.91 Å². The second-order valence-corrected chi connectivity index (χ2v) is 6.47. The Morgan fingerprint density at radius 1 is 1.24 bits per heavy atom. The van der Waals surface area contributed by atoms with Crippen LogP contribution in [0.3, 0.4) is 0 Å². The van der Waals surface area contributed by atoms with Gasteiger partial charge in [-0.15, -0.1) is 0 Å². The lowest BCUT2D eigenvalue weighted by atomic mass is 9.94. The molecule has 2 aromatic carbocycles. The monoisotopic (exact) mass is 373 g/mol. The molecule has 0 saturated heterocycles. The average molecular weight is 374 g/mol. The largest absolute Gasteiger partial charge is 0.508 e. The van der Waals surface area contributed by atoms with Crippen molar-refractivity contribution < 1.29 is 9.90 Å². The Labute approximate surface area is 155 Å². The molecule has 0 spiro atoms. The number of halogens is 1. The third-order valence-electron chi connectivity index (χ3n) is 3.82. The first-order chi connectivity index (χ1) is 11.9. The van der Waals surface area contributed by atoms with E-state index in [4.69, 9.17) is 23.8 Å². The van der Waals surface area contributed by atoms with Crippen LogP contribution in [0.1, 0.15) is 18.5 Å². The summed E-state index contributed by atoms with van der Waals surface area (Å²) in [7, 11) is 0. The molecule has 4 N–H and O–H groups in total. The van der Waals surface area contributed by atoms with Crippen molar-refractivity contribution in [1.29, 1.82) is 0 Å². The Morgan fingerprint density at radius 2 is 1.96 bits per heavy atom. The van der Waals surface area contributed by atoms with Crippen molar-refractivity contribution in [2.24, 2.45) is 0 Å². The summed E-state index contributed by atoms with van der Waals surface area (Å²) in [6, 6.07) is 13.1. The molecule has 25 heavy (non-hydrogen) atoms. The molecule has 2 aromatic rings. The van der Waals surface area contributed by atoms with E-state index < -0.39 is 6.04 Å². The van der Waals surface area contributed by atoms with Crippen LogP contribution in [0.5, 0.6) is 5.75 Å². The molecule has 0 aliphatic carbocycles. The van der Waals surface area contributed by atoms with E-state index in [9.17, 15) is 9.90 Å². The van der Waals surface area contributed by atoms with Crippen molar-refractivity contribution >= 4 is 40.5 Å². The predicted octanol–water partition coefficient (Wildman–Crippen LogP) is 3.48. The van der Waals surface area contributed by atoms with Crippen molar-refractivity contribution in [1.82, 2.24) is 10.6 Å². The molecule has 7 heteroatoms. The van der Waals surface area contributed by atoms with Crippen molar-refractivity contribution in [3.63, 3.8) is 0 Å². The van der Waals surface area contributed by atoms with Gasteiger partial charge in [-0.25, -0.2) is 0 Å². The fourth-order valence-electron chi connectivity index (χ4n) is 2.68. The number of hydrogen-bond acceptors (Lipinski definition) is 3. The van der Waals surface area contributed by atoms with Crippen LogP contribution in [-0.2, 0) is 4.79 Å². The van der Waals surface area contributed by atoms with Gasteiger partial charge in [-0.05, 0) is 61.1 Å². The van der Waals surface area contributed by atoms with Gasteiger partial charge in [0.2, 0.25) is 0 Å². The van der Waals surface area contributed by atoms with E-state index in [2.05, 4.69) is 16.0 Å². The molecule has 1 aliphatic heterocycles. The number of hydrogen-bond donors (Lipinski definition) is 4. The highest BCUT2D eigenvalue weighted by atomic mass is 35.5. The van der Waals surface area contributed by atoms with Gasteiger partial charge in [0.15, 0.2) is 5.11 Å². The number of aromatic hydroxyl groups is 1. The molecule has 1 atom stereocenters. The first-order valence-corrected chi connectivity index (χ1v) is 8.37. The summed E-state index contributed by atoms with van der Waals surface area (Å²) in [6.07, 6.45) is 0. The Balaban J connectivity index is 1.94. The molecule has 1 amide bonds. The van der Waals surface area contributed by atoms with E-state index in [1.54, 1.807) is 49.4 Å². The highest BCUT2D eigenvalue weighted by Gasteiger charge is 2.30. The zero-order chi connectivity index (χ0) is 18.0. The Hall–Kier alpha value is -2.57. The molecule has 0 saturated carbocycles. The molecule has 5 nitrogen and oxygen atoms in total. The van der Waals surface area contributed by atoms with Crippen molar-refractivity contribution in [3.05, 3.63) is 70.4 Å². The van der Waals surface area contributed by atoms with Gasteiger partial charge in [-0.3, -0.25) is 4.79 Å². The Kier molecular flexibility index (Phi) is 4.92. The van der Waals surface area contributed by atoms with Crippen LogP contribution >= 0.6 is 23.8 Å². The predicted molar refractivity (Wildman–Crippen MR) is 102 cm³/mol. The van der Waals surface area contributed by atoms with E-state index >= 15 is 0 Å². The van der Waals surface area contributed by atoms with Crippen molar-refractivity contribution in [3.8, 4) is 5.75 Å². The number of anilines is 1. The number of benzene rings is 2. The van der Waals surface area contributed by atoms with E-state index in [1.165, 1.54) is 0 Å². The van der Waals surface area contributed by atoms with Gasteiger partial charge in [0.05, 0.1) is 11.6 Å². The number of nitrogens with one attached hydrogen (secondary N) is 3. The minimum atomic E-state index is -0.465. The number of thiocarbonyl (C=S) groups is 1. The van der Waals surface area contributed by atoms with Gasteiger partial charge >= 0.3 is 0 Å². The quantitative estimate of drug-likeness (QED) is 0.620. The van der Waals surface area contributed by atoms with Crippen LogP contribution in [-0.4, -0.2) is 16.1 Å². The average Bonchev–Trinajstić information content (AvgIpc) is 2.56. The summed E-state index contributed by atoms with van der Waals surface area (Å²) >= 11 is 11.1. The van der Waals surface area contributed by atoms with Gasteiger partial charge in [0.1, 0.15) is 5.75 Å². The van der Waals surface area contributed by atoms with Crippen LogP contribution in [0.4, 0.5) is 5.69 Å². The maximum absolute atomic E-state index is 12.9. The Bertz CT molecular complexity index is 865. The van der Waals surface area contributed by atoms with Gasteiger partial charge < -0.3 is 21.1 Å². The summed E-state index contributed by atoms with van der Waals surface area (Å²) in [5.41, 5.74) is 2.53. The molecule has 0 aromatic heterocycles. The minimum absolute atomic E-state index is 0.124. The third kappa shape index (κ3) is 3.92. The summed E-state index contributed by atoms with van der Waals surface area (Å²) in [5, 5.41) is 19.7. The molecule has 0 radical (unpaired) electrons. The van der Waals surface area contributed by atoms with E-state index in [1.807, 2.05) is 6.07 Å². The molecule has 0 fully saturated rings. The minimum Gasteiger partial charge on any atom is -0.508 e. The highest BCUT2D eigenvalue weighted by Crippen LogP contribution is 2.29. The molecule has 1 unspecified atom stereocenters. The lowest BCUT2D eigenvalue weighted by Gasteiger charge is -2.30. The molecule has 1 heterocycles. The molecule has 128 valence electrons. The Morgan fingerprint density at radius 3 is 2.64 bits per heavy atom. The van der Waals surface area contributed by atoms with Crippen LogP contribution in [0, 0.1) is 0 Å². The molecule has 0 bridgehead atoms. The first-order valence-electron chi connectivity index (χ1n) is 7.58. The van der Waals surface area contributed by atoms with Gasteiger partial charge in [-0.1, -0.05) is 23.7 Å². The maximum atomic E-state index is 12.9. The fourth-order valence-corrected chi connectivity index (χ4v) is 3.08. The van der Waals surface area contributed by atoms with Gasteiger partial charge in [-0.2, -0.15) is 0 Å². The van der Waals surface area contributed by atoms with Crippen molar-refractivity contribution in [2.45, 2.75) is 13.0 Å². The van der Waals surface area contributed by atoms with Crippen molar-refractivity contribution in [2.75, 3.05) is 5.32 Å². The van der Waals surface area contributed by atoms with Gasteiger partial charge in [0, 0.05) is 16.4 Å². The summed E-state index contributed by atoms with van der Waals surface area (Å²) in [5.74, 6) is -0.144. The molecule has 1 aliphatic rings.